The maximum absolute atomic E-state index is 5.75. The van der Waals surface area contributed by atoms with Crippen LogP contribution in [0.25, 0.3) is 0 Å². The van der Waals surface area contributed by atoms with E-state index in [1.54, 1.807) is 0 Å². The van der Waals surface area contributed by atoms with Gasteiger partial charge in [0, 0.05) is 11.5 Å². The van der Waals surface area contributed by atoms with Crippen LogP contribution < -0.4 is 9.64 Å². The van der Waals surface area contributed by atoms with Crippen LogP contribution in [0.3, 0.4) is 0 Å². The average molecular weight is 270 g/mol. The zero-order valence-electron chi connectivity index (χ0n) is 9.16. The predicted molar refractivity (Wildman–Crippen MR) is 66.7 cm³/mol. The second-order valence-corrected chi connectivity index (χ2v) is 4.89. The first-order valence-electron chi connectivity index (χ1n) is 5.37. The summed E-state index contributed by atoms with van der Waals surface area (Å²) in [5.41, 5.74) is 1.19. The topological polar surface area (TPSA) is 12.5 Å². The van der Waals surface area contributed by atoms with Gasteiger partial charge in [0.15, 0.2) is 0 Å². The summed E-state index contributed by atoms with van der Waals surface area (Å²) in [5, 5.41) is 0. The van der Waals surface area contributed by atoms with E-state index in [9.17, 15) is 0 Å². The lowest BCUT2D eigenvalue weighted by Crippen LogP contribution is -2.40. The molecule has 0 aliphatic carbocycles. The first-order valence-corrected chi connectivity index (χ1v) is 6.17. The van der Waals surface area contributed by atoms with E-state index in [0.717, 1.165) is 16.8 Å². The van der Waals surface area contributed by atoms with Gasteiger partial charge in [-0.2, -0.15) is 0 Å². The molecule has 1 aromatic carbocycles. The molecular formula is C12H16BrNO. The molecule has 0 spiro atoms. The maximum atomic E-state index is 5.75. The number of fused-ring (bicyclic) bond motifs is 1. The van der Waals surface area contributed by atoms with Crippen molar-refractivity contribution in [2.24, 2.45) is 0 Å². The normalized spacial score (nSPS) is 19.7. The van der Waals surface area contributed by atoms with Gasteiger partial charge >= 0.3 is 0 Å². The molecule has 82 valence electrons. The number of hydrogen-bond acceptors (Lipinski definition) is 2. The molecule has 1 aliphatic heterocycles. The zero-order chi connectivity index (χ0) is 10.8. The minimum absolute atomic E-state index is 0.511. The second kappa shape index (κ2) is 4.44. The molecule has 1 unspecified atom stereocenters. The summed E-state index contributed by atoms with van der Waals surface area (Å²) in [4.78, 5) is 2.33. The van der Waals surface area contributed by atoms with Crippen molar-refractivity contribution >= 4 is 21.6 Å². The van der Waals surface area contributed by atoms with Gasteiger partial charge in [-0.3, -0.25) is 0 Å². The van der Waals surface area contributed by atoms with Crippen molar-refractivity contribution in [1.82, 2.24) is 0 Å². The van der Waals surface area contributed by atoms with Gasteiger partial charge in [0.25, 0.3) is 0 Å². The highest BCUT2D eigenvalue weighted by Crippen LogP contribution is 2.35. The lowest BCUT2D eigenvalue weighted by molar-refractivity contribution is 0.259. The quantitative estimate of drug-likeness (QED) is 0.816. The average Bonchev–Trinajstić information content (AvgIpc) is 2.23. The predicted octanol–water partition coefficient (Wildman–Crippen LogP) is 3.45. The number of likely N-dealkylation sites (N-methyl/N-ethyl adjacent to an activating group) is 1. The molecule has 0 fully saturated rings. The molecule has 0 radical (unpaired) electrons. The van der Waals surface area contributed by atoms with Crippen LogP contribution >= 0.6 is 15.9 Å². The highest BCUT2D eigenvalue weighted by Gasteiger charge is 2.23. The van der Waals surface area contributed by atoms with Gasteiger partial charge in [0.1, 0.15) is 12.4 Å². The number of rotatable bonds is 2. The van der Waals surface area contributed by atoms with Crippen LogP contribution in [0.1, 0.15) is 19.8 Å². The van der Waals surface area contributed by atoms with Crippen LogP contribution in [0, 0.1) is 0 Å². The molecule has 0 aromatic heterocycles. The third-order valence-electron chi connectivity index (χ3n) is 2.90. The highest BCUT2D eigenvalue weighted by atomic mass is 79.9. The summed E-state index contributed by atoms with van der Waals surface area (Å²) in [6, 6.07) is 6.68. The van der Waals surface area contributed by atoms with Gasteiger partial charge in [-0.15, -0.1) is 0 Å². The molecular weight excluding hydrogens is 254 g/mol. The minimum Gasteiger partial charge on any atom is -0.489 e. The Bertz CT molecular complexity index is 353. The minimum atomic E-state index is 0.511. The van der Waals surface area contributed by atoms with E-state index < -0.39 is 0 Å². The standard InChI is InChI=1S/C12H16BrNO/c1-3-4-10-8-15-12-6-5-9(13)7-11(12)14(10)2/h5-7,10H,3-4,8H2,1-2H3. The number of hydrogen-bond donors (Lipinski definition) is 0. The van der Waals surface area contributed by atoms with Crippen molar-refractivity contribution in [3.8, 4) is 5.75 Å². The molecule has 0 N–H and O–H groups in total. The first kappa shape index (κ1) is 10.8. The lowest BCUT2D eigenvalue weighted by Gasteiger charge is -2.35. The van der Waals surface area contributed by atoms with Crippen LogP contribution in [-0.4, -0.2) is 19.7 Å². The molecule has 0 bridgehead atoms. The fourth-order valence-electron chi connectivity index (χ4n) is 1.99. The van der Waals surface area contributed by atoms with E-state index in [0.29, 0.717) is 6.04 Å². The Balaban J connectivity index is 2.28. The van der Waals surface area contributed by atoms with E-state index in [4.69, 9.17) is 4.74 Å². The molecule has 0 saturated carbocycles. The van der Waals surface area contributed by atoms with E-state index in [1.807, 2.05) is 12.1 Å². The van der Waals surface area contributed by atoms with Crippen molar-refractivity contribution < 1.29 is 4.74 Å². The summed E-state index contributed by atoms with van der Waals surface area (Å²) in [6.45, 7) is 3.02. The molecule has 0 saturated heterocycles. The summed E-state index contributed by atoms with van der Waals surface area (Å²) < 4.78 is 6.86. The van der Waals surface area contributed by atoms with Crippen molar-refractivity contribution in [1.29, 1.82) is 0 Å². The molecule has 2 nitrogen and oxygen atoms in total. The third kappa shape index (κ3) is 2.12. The van der Waals surface area contributed by atoms with Crippen LogP contribution in [0.4, 0.5) is 5.69 Å². The van der Waals surface area contributed by atoms with Crippen LogP contribution in [0.15, 0.2) is 22.7 Å². The Morgan fingerprint density at radius 1 is 1.53 bits per heavy atom. The fourth-order valence-corrected chi connectivity index (χ4v) is 2.34. The SMILES string of the molecule is CCCC1COc2ccc(Br)cc2N1C. The zero-order valence-corrected chi connectivity index (χ0v) is 10.8. The number of anilines is 1. The third-order valence-corrected chi connectivity index (χ3v) is 3.40. The monoisotopic (exact) mass is 269 g/mol. The van der Waals surface area contributed by atoms with Gasteiger partial charge in [0.2, 0.25) is 0 Å². The van der Waals surface area contributed by atoms with Crippen molar-refractivity contribution in [3.63, 3.8) is 0 Å². The Hall–Kier alpha value is -0.700. The molecule has 1 aromatic rings. The van der Waals surface area contributed by atoms with Crippen molar-refractivity contribution in [2.75, 3.05) is 18.6 Å². The smallest absolute Gasteiger partial charge is 0.142 e. The Labute approximate surface area is 99.4 Å². The molecule has 1 atom stereocenters. The molecule has 15 heavy (non-hydrogen) atoms. The van der Waals surface area contributed by atoms with Gasteiger partial charge in [0.05, 0.1) is 11.7 Å². The second-order valence-electron chi connectivity index (χ2n) is 3.98. The molecule has 1 heterocycles. The molecule has 1 aliphatic rings. The number of ether oxygens (including phenoxy) is 1. The van der Waals surface area contributed by atoms with E-state index in [-0.39, 0.29) is 0 Å². The first-order chi connectivity index (χ1) is 7.22. The summed E-state index contributed by atoms with van der Waals surface area (Å²) in [5.74, 6) is 0.994. The van der Waals surface area contributed by atoms with Gasteiger partial charge in [-0.1, -0.05) is 29.3 Å². The summed E-state index contributed by atoms with van der Waals surface area (Å²) in [6.07, 6.45) is 2.38. The molecule has 3 heteroatoms. The van der Waals surface area contributed by atoms with E-state index >= 15 is 0 Å². The number of halogens is 1. The molecule has 2 rings (SSSR count). The van der Waals surface area contributed by atoms with Gasteiger partial charge < -0.3 is 9.64 Å². The number of nitrogens with zero attached hydrogens (tertiary/aromatic N) is 1. The van der Waals surface area contributed by atoms with E-state index in [2.05, 4.69) is 40.9 Å². The fraction of sp³-hybridized carbons (Fsp3) is 0.500. The van der Waals surface area contributed by atoms with E-state index in [1.165, 1.54) is 18.5 Å². The van der Waals surface area contributed by atoms with Crippen LogP contribution in [-0.2, 0) is 0 Å². The summed E-state index contributed by atoms with van der Waals surface area (Å²) >= 11 is 3.49. The Morgan fingerprint density at radius 2 is 2.33 bits per heavy atom. The molecule has 0 amide bonds. The Morgan fingerprint density at radius 3 is 3.07 bits per heavy atom. The van der Waals surface area contributed by atoms with Crippen molar-refractivity contribution in [2.45, 2.75) is 25.8 Å². The van der Waals surface area contributed by atoms with Crippen LogP contribution in [0.2, 0.25) is 0 Å². The lowest BCUT2D eigenvalue weighted by atomic mass is 10.1. The summed E-state index contributed by atoms with van der Waals surface area (Å²) in [7, 11) is 2.15. The largest absolute Gasteiger partial charge is 0.489 e. The van der Waals surface area contributed by atoms with Crippen LogP contribution in [0.5, 0.6) is 5.75 Å². The van der Waals surface area contributed by atoms with Gasteiger partial charge in [-0.25, -0.2) is 0 Å². The van der Waals surface area contributed by atoms with Crippen molar-refractivity contribution in [3.05, 3.63) is 22.7 Å². The number of benzene rings is 1. The maximum Gasteiger partial charge on any atom is 0.142 e. The Kier molecular flexibility index (Phi) is 3.19. The van der Waals surface area contributed by atoms with Gasteiger partial charge in [-0.05, 0) is 24.6 Å². The highest BCUT2D eigenvalue weighted by molar-refractivity contribution is 9.10.